The number of morpholine rings is 1. The number of amides is 1. The number of carbonyl (C=O) groups excluding carboxylic acids is 1. The van der Waals surface area contributed by atoms with Crippen LogP contribution in [0.5, 0.6) is 11.5 Å². The number of ether oxygens (including phenoxy) is 4. The summed E-state index contributed by atoms with van der Waals surface area (Å²) in [4.78, 5) is 15.4. The summed E-state index contributed by atoms with van der Waals surface area (Å²) < 4.78 is 23.1. The minimum atomic E-state index is -0.403. The zero-order valence-electron chi connectivity index (χ0n) is 22.0. The molecule has 1 aliphatic rings. The van der Waals surface area contributed by atoms with E-state index in [9.17, 15) is 4.79 Å². The van der Waals surface area contributed by atoms with E-state index in [1.54, 1.807) is 14.2 Å². The molecule has 1 fully saturated rings. The maximum atomic E-state index is 13.5. The Balaban J connectivity index is 1.63. The van der Waals surface area contributed by atoms with Gasteiger partial charge in [0, 0.05) is 10.0 Å². The quantitative estimate of drug-likeness (QED) is 0.271. The van der Waals surface area contributed by atoms with Crippen molar-refractivity contribution in [1.29, 1.82) is 0 Å². The predicted octanol–water partition coefficient (Wildman–Crippen LogP) is 6.89. The van der Waals surface area contributed by atoms with Gasteiger partial charge < -0.3 is 23.8 Å². The van der Waals surface area contributed by atoms with Gasteiger partial charge in [0.05, 0.1) is 39.5 Å². The van der Waals surface area contributed by atoms with Crippen LogP contribution in [0.2, 0.25) is 10.0 Å². The van der Waals surface area contributed by atoms with Crippen molar-refractivity contribution in [1.82, 2.24) is 4.90 Å². The number of nitrogens with zero attached hydrogens (tertiary/aromatic N) is 1. The summed E-state index contributed by atoms with van der Waals surface area (Å²) in [7, 11) is 3.21. The Labute approximate surface area is 234 Å². The zero-order chi connectivity index (χ0) is 27.2. The van der Waals surface area contributed by atoms with E-state index < -0.39 is 6.10 Å². The summed E-state index contributed by atoms with van der Waals surface area (Å²) in [6, 6.07) is 20.3. The lowest BCUT2D eigenvalue weighted by Crippen LogP contribution is -2.54. The molecule has 3 atom stereocenters. The van der Waals surface area contributed by atoms with Gasteiger partial charge >= 0.3 is 0 Å². The van der Waals surface area contributed by atoms with E-state index in [2.05, 4.69) is 13.8 Å². The van der Waals surface area contributed by atoms with Crippen molar-refractivity contribution in [3.63, 3.8) is 0 Å². The predicted molar refractivity (Wildman–Crippen MR) is 149 cm³/mol. The molecule has 0 spiro atoms. The minimum absolute atomic E-state index is 0.0276. The van der Waals surface area contributed by atoms with Crippen molar-refractivity contribution >= 4 is 29.1 Å². The molecule has 0 N–H and O–H groups in total. The summed E-state index contributed by atoms with van der Waals surface area (Å²) in [5.74, 6) is 1.34. The fourth-order valence-electron chi connectivity index (χ4n) is 4.84. The van der Waals surface area contributed by atoms with Gasteiger partial charge in [-0.25, -0.2) is 0 Å². The number of methoxy groups -OCH3 is 2. The first kappa shape index (κ1) is 28.2. The Bertz CT molecular complexity index is 1230. The Kier molecular flexibility index (Phi) is 9.55. The lowest BCUT2D eigenvalue weighted by molar-refractivity contribution is -0.168. The molecule has 0 unspecified atom stereocenters. The Morgan fingerprint density at radius 3 is 2.32 bits per heavy atom. The minimum Gasteiger partial charge on any atom is -0.493 e. The summed E-state index contributed by atoms with van der Waals surface area (Å²) in [6.07, 6.45) is -0.403. The van der Waals surface area contributed by atoms with Crippen molar-refractivity contribution in [2.75, 3.05) is 27.4 Å². The smallest absolute Gasteiger partial charge is 0.249 e. The molecule has 3 aromatic carbocycles. The molecule has 1 saturated heterocycles. The Hall–Kier alpha value is -2.77. The molecule has 3 aromatic rings. The van der Waals surface area contributed by atoms with Crippen LogP contribution < -0.4 is 9.47 Å². The zero-order valence-corrected chi connectivity index (χ0v) is 23.5. The molecule has 0 aliphatic carbocycles. The average molecular weight is 559 g/mol. The van der Waals surface area contributed by atoms with E-state index in [1.807, 2.05) is 71.6 Å². The molecule has 1 amide bonds. The van der Waals surface area contributed by atoms with Gasteiger partial charge in [-0.1, -0.05) is 67.4 Å². The molecule has 38 heavy (non-hydrogen) atoms. The van der Waals surface area contributed by atoms with Gasteiger partial charge in [-0.15, -0.1) is 0 Å². The van der Waals surface area contributed by atoms with Crippen molar-refractivity contribution in [3.05, 3.63) is 93.5 Å². The SMILES string of the molecule is COc1ccc(COC[C@H](C(C)C)N2C(=O)CO[C@H](c3cccc(Cl)c3)[C@H]2c2ccc(Cl)cc2)cc1OC. The van der Waals surface area contributed by atoms with E-state index in [4.69, 9.17) is 42.1 Å². The highest BCUT2D eigenvalue weighted by molar-refractivity contribution is 6.30. The van der Waals surface area contributed by atoms with Gasteiger partial charge in [-0.3, -0.25) is 4.79 Å². The van der Waals surface area contributed by atoms with Crippen LogP contribution in [0.15, 0.2) is 66.7 Å². The van der Waals surface area contributed by atoms with Crippen molar-refractivity contribution < 1.29 is 23.7 Å². The molecule has 0 saturated carbocycles. The van der Waals surface area contributed by atoms with Gasteiger partial charge in [0.2, 0.25) is 5.91 Å². The van der Waals surface area contributed by atoms with Crippen molar-refractivity contribution in [2.24, 2.45) is 5.92 Å². The summed E-state index contributed by atoms with van der Waals surface area (Å²) in [5.41, 5.74) is 2.78. The van der Waals surface area contributed by atoms with Crippen LogP contribution in [-0.2, 0) is 20.9 Å². The third-order valence-electron chi connectivity index (χ3n) is 6.78. The first-order valence-corrected chi connectivity index (χ1v) is 13.3. The standard InChI is InChI=1S/C30H33Cl2NO5/c1-19(2)25(17-37-16-20-8-13-26(35-3)27(14-20)36-4)33-28(34)18-38-30(22-6-5-7-24(32)15-22)29(33)21-9-11-23(31)12-10-21/h5-15,19,25,29-30H,16-18H2,1-4H3/t25-,29-,30-/m1/s1. The lowest BCUT2D eigenvalue weighted by atomic mass is 9.89. The van der Waals surface area contributed by atoms with Crippen LogP contribution in [0.25, 0.3) is 0 Å². The normalized spacial score (nSPS) is 18.5. The summed E-state index contributed by atoms with van der Waals surface area (Å²) >= 11 is 12.5. The van der Waals surface area contributed by atoms with Gasteiger partial charge in [0.25, 0.3) is 0 Å². The van der Waals surface area contributed by atoms with E-state index in [0.29, 0.717) is 34.8 Å². The third kappa shape index (κ3) is 6.44. The molecule has 8 heteroatoms. The van der Waals surface area contributed by atoms with Gasteiger partial charge in [-0.05, 0) is 59.0 Å². The molecule has 0 radical (unpaired) electrons. The van der Waals surface area contributed by atoms with Crippen LogP contribution in [-0.4, -0.2) is 44.3 Å². The second-order valence-electron chi connectivity index (χ2n) is 9.60. The molecule has 0 aromatic heterocycles. The Morgan fingerprint density at radius 2 is 1.66 bits per heavy atom. The number of halogens is 2. The van der Waals surface area contributed by atoms with Crippen LogP contribution in [0.1, 0.15) is 42.7 Å². The maximum absolute atomic E-state index is 13.5. The van der Waals surface area contributed by atoms with Crippen molar-refractivity contribution in [3.8, 4) is 11.5 Å². The second kappa shape index (κ2) is 12.9. The Morgan fingerprint density at radius 1 is 0.921 bits per heavy atom. The molecule has 1 aliphatic heterocycles. The van der Waals surface area contributed by atoms with E-state index >= 15 is 0 Å². The molecule has 0 bridgehead atoms. The molecular weight excluding hydrogens is 525 g/mol. The van der Waals surface area contributed by atoms with Gasteiger partial charge in [0.15, 0.2) is 11.5 Å². The highest BCUT2D eigenvalue weighted by Gasteiger charge is 2.43. The first-order chi connectivity index (χ1) is 18.3. The molecule has 202 valence electrons. The lowest BCUT2D eigenvalue weighted by Gasteiger charge is -2.46. The van der Waals surface area contributed by atoms with Crippen LogP contribution in [0.3, 0.4) is 0 Å². The molecule has 4 rings (SSSR count). The largest absolute Gasteiger partial charge is 0.493 e. The second-order valence-corrected chi connectivity index (χ2v) is 10.5. The van der Waals surface area contributed by atoms with Crippen molar-refractivity contribution in [2.45, 2.75) is 38.6 Å². The number of hydrogen-bond acceptors (Lipinski definition) is 5. The number of benzene rings is 3. The van der Waals surface area contributed by atoms with Gasteiger partial charge in [-0.2, -0.15) is 0 Å². The van der Waals surface area contributed by atoms with E-state index in [0.717, 1.165) is 16.7 Å². The monoisotopic (exact) mass is 557 g/mol. The molecule has 6 nitrogen and oxygen atoms in total. The third-order valence-corrected chi connectivity index (χ3v) is 7.27. The number of hydrogen-bond donors (Lipinski definition) is 0. The first-order valence-electron chi connectivity index (χ1n) is 12.5. The molecule has 1 heterocycles. The maximum Gasteiger partial charge on any atom is 0.249 e. The summed E-state index contributed by atoms with van der Waals surface area (Å²) in [5, 5.41) is 1.24. The van der Waals surface area contributed by atoms with Crippen LogP contribution in [0.4, 0.5) is 0 Å². The highest BCUT2D eigenvalue weighted by atomic mass is 35.5. The number of carbonyl (C=O) groups is 1. The fraction of sp³-hybridized carbons (Fsp3) is 0.367. The average Bonchev–Trinajstić information content (AvgIpc) is 2.91. The fourth-order valence-corrected chi connectivity index (χ4v) is 5.16. The van der Waals surface area contributed by atoms with Gasteiger partial charge in [0.1, 0.15) is 12.7 Å². The topological polar surface area (TPSA) is 57.2 Å². The van der Waals surface area contributed by atoms with E-state index in [1.165, 1.54) is 0 Å². The van der Waals surface area contributed by atoms with Crippen LogP contribution in [0, 0.1) is 5.92 Å². The highest BCUT2D eigenvalue weighted by Crippen LogP contribution is 2.43. The number of rotatable bonds is 10. The molecular formula is C30H33Cl2NO5. The van der Waals surface area contributed by atoms with E-state index in [-0.39, 0.29) is 30.5 Å². The van der Waals surface area contributed by atoms with Crippen LogP contribution >= 0.6 is 23.2 Å². The summed E-state index contributed by atoms with van der Waals surface area (Å²) in [6.45, 7) is 4.89.